The maximum atomic E-state index is 10.7. The van der Waals surface area contributed by atoms with E-state index in [4.69, 9.17) is 4.98 Å². The molecule has 2 aromatic carbocycles. The van der Waals surface area contributed by atoms with Crippen LogP contribution < -0.4 is 4.90 Å². The summed E-state index contributed by atoms with van der Waals surface area (Å²) in [5, 5.41) is 0. The molecular formula is C21H22N4O. The van der Waals surface area contributed by atoms with Crippen molar-refractivity contribution < 1.29 is 4.79 Å². The van der Waals surface area contributed by atoms with E-state index in [-0.39, 0.29) is 0 Å². The number of hydrogen-bond donors (Lipinski definition) is 0. The summed E-state index contributed by atoms with van der Waals surface area (Å²) < 4.78 is 0. The lowest BCUT2D eigenvalue weighted by molar-refractivity contribution is -0.107. The lowest BCUT2D eigenvalue weighted by Crippen LogP contribution is -2.46. The standard InChI is InChI=1S/C21H22N4O/c26-13-8-17-4-3-5-18(14-17)16-24-9-11-25(12-10-24)21-15-22-19-6-1-2-7-20(19)23-21/h1-7,13-15H,8-12,16H2. The number of anilines is 1. The maximum Gasteiger partial charge on any atom is 0.147 e. The van der Waals surface area contributed by atoms with E-state index in [1.165, 1.54) is 5.56 Å². The Labute approximate surface area is 153 Å². The van der Waals surface area contributed by atoms with Crippen LogP contribution >= 0.6 is 0 Å². The molecule has 4 rings (SSSR count). The third kappa shape index (κ3) is 3.73. The molecule has 132 valence electrons. The van der Waals surface area contributed by atoms with Crippen LogP contribution in [0.25, 0.3) is 11.0 Å². The Hall–Kier alpha value is -2.79. The van der Waals surface area contributed by atoms with Crippen molar-refractivity contribution in [3.05, 3.63) is 65.9 Å². The van der Waals surface area contributed by atoms with Gasteiger partial charge in [-0.05, 0) is 23.3 Å². The molecule has 0 aliphatic carbocycles. The Balaban J connectivity index is 1.39. The van der Waals surface area contributed by atoms with Crippen molar-refractivity contribution in [1.29, 1.82) is 0 Å². The summed E-state index contributed by atoms with van der Waals surface area (Å²) in [4.78, 5) is 24.7. The Morgan fingerprint density at radius 3 is 2.50 bits per heavy atom. The molecule has 26 heavy (non-hydrogen) atoms. The van der Waals surface area contributed by atoms with Gasteiger partial charge in [0, 0.05) is 39.1 Å². The van der Waals surface area contributed by atoms with E-state index in [0.717, 1.165) is 61.4 Å². The molecule has 0 bridgehead atoms. The fraction of sp³-hybridized carbons (Fsp3) is 0.286. The van der Waals surface area contributed by atoms with Crippen molar-refractivity contribution >= 4 is 23.1 Å². The lowest BCUT2D eigenvalue weighted by Gasteiger charge is -2.35. The molecule has 0 N–H and O–H groups in total. The monoisotopic (exact) mass is 346 g/mol. The number of carbonyl (C=O) groups is 1. The number of carbonyl (C=O) groups excluding carboxylic acids is 1. The van der Waals surface area contributed by atoms with Gasteiger partial charge in [0.15, 0.2) is 0 Å². The average molecular weight is 346 g/mol. The van der Waals surface area contributed by atoms with Gasteiger partial charge in [-0.15, -0.1) is 0 Å². The van der Waals surface area contributed by atoms with E-state index >= 15 is 0 Å². The summed E-state index contributed by atoms with van der Waals surface area (Å²) in [6.45, 7) is 4.80. The van der Waals surface area contributed by atoms with Crippen LogP contribution in [0, 0.1) is 0 Å². The average Bonchev–Trinajstić information content (AvgIpc) is 2.69. The van der Waals surface area contributed by atoms with Crippen LogP contribution in [-0.2, 0) is 17.8 Å². The second-order valence-corrected chi connectivity index (χ2v) is 6.67. The number of para-hydroxylation sites is 2. The van der Waals surface area contributed by atoms with Crippen molar-refractivity contribution in [3.8, 4) is 0 Å². The largest absolute Gasteiger partial charge is 0.353 e. The van der Waals surface area contributed by atoms with Gasteiger partial charge in [-0.3, -0.25) is 9.88 Å². The minimum atomic E-state index is 0.488. The first kappa shape index (κ1) is 16.7. The van der Waals surface area contributed by atoms with Crippen LogP contribution in [0.15, 0.2) is 54.7 Å². The molecule has 1 aliphatic rings. The number of benzene rings is 2. The molecule has 2 heterocycles. The zero-order valence-corrected chi connectivity index (χ0v) is 14.7. The molecule has 1 fully saturated rings. The summed E-state index contributed by atoms with van der Waals surface area (Å²) >= 11 is 0. The molecule has 1 aliphatic heterocycles. The number of aromatic nitrogens is 2. The fourth-order valence-corrected chi connectivity index (χ4v) is 3.44. The van der Waals surface area contributed by atoms with Gasteiger partial charge in [0.05, 0.1) is 17.2 Å². The quantitative estimate of drug-likeness (QED) is 0.665. The molecule has 5 nitrogen and oxygen atoms in total. The summed E-state index contributed by atoms with van der Waals surface area (Å²) in [6, 6.07) is 16.3. The first-order valence-corrected chi connectivity index (χ1v) is 9.02. The second kappa shape index (κ2) is 7.62. The first-order valence-electron chi connectivity index (χ1n) is 9.02. The number of aldehydes is 1. The maximum absolute atomic E-state index is 10.7. The first-order chi connectivity index (χ1) is 12.8. The van der Waals surface area contributed by atoms with Crippen molar-refractivity contribution in [2.75, 3.05) is 31.1 Å². The van der Waals surface area contributed by atoms with Crippen molar-refractivity contribution in [2.45, 2.75) is 13.0 Å². The molecular weight excluding hydrogens is 324 g/mol. The van der Waals surface area contributed by atoms with Crippen LogP contribution in [0.5, 0.6) is 0 Å². The number of nitrogens with zero attached hydrogens (tertiary/aromatic N) is 4. The van der Waals surface area contributed by atoms with E-state index in [1.54, 1.807) is 0 Å². The number of fused-ring (bicyclic) bond motifs is 1. The van der Waals surface area contributed by atoms with Gasteiger partial charge in [-0.2, -0.15) is 0 Å². The van der Waals surface area contributed by atoms with E-state index in [2.05, 4.69) is 26.9 Å². The highest BCUT2D eigenvalue weighted by atomic mass is 16.1. The van der Waals surface area contributed by atoms with Crippen LogP contribution in [0.1, 0.15) is 11.1 Å². The number of hydrogen-bond acceptors (Lipinski definition) is 5. The van der Waals surface area contributed by atoms with Crippen LogP contribution in [-0.4, -0.2) is 47.3 Å². The van der Waals surface area contributed by atoms with Gasteiger partial charge in [0.2, 0.25) is 0 Å². The van der Waals surface area contributed by atoms with Gasteiger partial charge in [-0.1, -0.05) is 36.4 Å². The summed E-state index contributed by atoms with van der Waals surface area (Å²) in [5.74, 6) is 0.955. The Morgan fingerprint density at radius 1 is 0.923 bits per heavy atom. The predicted molar refractivity (Wildman–Crippen MR) is 103 cm³/mol. The molecule has 0 saturated carbocycles. The third-order valence-corrected chi connectivity index (χ3v) is 4.85. The molecule has 0 atom stereocenters. The van der Waals surface area contributed by atoms with Gasteiger partial charge >= 0.3 is 0 Å². The normalized spacial score (nSPS) is 15.3. The zero-order valence-electron chi connectivity index (χ0n) is 14.7. The van der Waals surface area contributed by atoms with Gasteiger partial charge in [-0.25, -0.2) is 4.98 Å². The highest BCUT2D eigenvalue weighted by Gasteiger charge is 2.18. The van der Waals surface area contributed by atoms with Crippen LogP contribution in [0.2, 0.25) is 0 Å². The Kier molecular flexibility index (Phi) is 4.88. The molecule has 1 saturated heterocycles. The predicted octanol–water partition coefficient (Wildman–Crippen LogP) is 2.69. The van der Waals surface area contributed by atoms with E-state index in [1.807, 2.05) is 42.6 Å². The smallest absolute Gasteiger partial charge is 0.147 e. The third-order valence-electron chi connectivity index (χ3n) is 4.85. The van der Waals surface area contributed by atoms with E-state index < -0.39 is 0 Å². The minimum absolute atomic E-state index is 0.488. The molecule has 0 unspecified atom stereocenters. The van der Waals surface area contributed by atoms with E-state index in [0.29, 0.717) is 6.42 Å². The molecule has 5 heteroatoms. The van der Waals surface area contributed by atoms with Crippen molar-refractivity contribution in [1.82, 2.24) is 14.9 Å². The number of rotatable bonds is 5. The molecule has 0 spiro atoms. The van der Waals surface area contributed by atoms with Crippen molar-refractivity contribution in [2.24, 2.45) is 0 Å². The Bertz CT molecular complexity index is 903. The SMILES string of the molecule is O=CCc1cccc(CN2CCN(c3cnc4ccccc4n3)CC2)c1. The van der Waals surface area contributed by atoms with Gasteiger partial charge in [0.1, 0.15) is 12.1 Å². The van der Waals surface area contributed by atoms with Gasteiger partial charge in [0.25, 0.3) is 0 Å². The lowest BCUT2D eigenvalue weighted by atomic mass is 10.1. The van der Waals surface area contributed by atoms with Crippen LogP contribution in [0.4, 0.5) is 5.82 Å². The highest BCUT2D eigenvalue weighted by Crippen LogP contribution is 2.18. The summed E-state index contributed by atoms with van der Waals surface area (Å²) in [7, 11) is 0. The molecule has 3 aromatic rings. The minimum Gasteiger partial charge on any atom is -0.353 e. The molecule has 0 radical (unpaired) electrons. The summed E-state index contributed by atoms with van der Waals surface area (Å²) in [5.41, 5.74) is 4.23. The Morgan fingerprint density at radius 2 is 1.69 bits per heavy atom. The second-order valence-electron chi connectivity index (χ2n) is 6.67. The summed E-state index contributed by atoms with van der Waals surface area (Å²) in [6.07, 6.45) is 3.33. The molecule has 0 amide bonds. The van der Waals surface area contributed by atoms with Gasteiger partial charge < -0.3 is 9.69 Å². The van der Waals surface area contributed by atoms with E-state index in [9.17, 15) is 4.79 Å². The zero-order chi connectivity index (χ0) is 17.8. The van der Waals surface area contributed by atoms with Crippen molar-refractivity contribution in [3.63, 3.8) is 0 Å². The highest BCUT2D eigenvalue weighted by molar-refractivity contribution is 5.75. The topological polar surface area (TPSA) is 49.3 Å². The van der Waals surface area contributed by atoms with Crippen LogP contribution in [0.3, 0.4) is 0 Å². The fourth-order valence-electron chi connectivity index (χ4n) is 3.44. The molecule has 1 aromatic heterocycles. The number of piperazine rings is 1.